The van der Waals surface area contributed by atoms with Gasteiger partial charge in [0.2, 0.25) is 0 Å². The molecular formula is C17H27NO3. The molecule has 0 aliphatic carbocycles. The van der Waals surface area contributed by atoms with Gasteiger partial charge in [-0.15, -0.1) is 0 Å². The molecule has 1 aromatic rings. The Morgan fingerprint density at radius 3 is 2.57 bits per heavy atom. The van der Waals surface area contributed by atoms with E-state index in [0.717, 1.165) is 17.7 Å². The second-order valence-corrected chi connectivity index (χ2v) is 5.84. The van der Waals surface area contributed by atoms with Gasteiger partial charge in [0.05, 0.1) is 13.7 Å². The average molecular weight is 293 g/mol. The molecule has 1 rings (SSSR count). The summed E-state index contributed by atoms with van der Waals surface area (Å²) in [5.74, 6) is 0.668. The molecule has 1 unspecified atom stereocenters. The van der Waals surface area contributed by atoms with Crippen LogP contribution >= 0.6 is 0 Å². The summed E-state index contributed by atoms with van der Waals surface area (Å²) in [4.78, 5) is 12.0. The van der Waals surface area contributed by atoms with Gasteiger partial charge in [0.1, 0.15) is 11.3 Å². The van der Waals surface area contributed by atoms with Crippen molar-refractivity contribution in [3.63, 3.8) is 0 Å². The number of para-hydroxylation sites is 1. The number of rotatable bonds is 8. The standard InChI is InChI=1S/C17H27NO3/c1-13(2)18-17(4,16(19)20-5)11-8-12-21-15-10-7-6-9-14(15)3/h6-7,9-10,13,18H,8,11-12H2,1-5H3. The van der Waals surface area contributed by atoms with Crippen LogP contribution in [0.5, 0.6) is 5.75 Å². The van der Waals surface area contributed by atoms with E-state index in [1.54, 1.807) is 0 Å². The van der Waals surface area contributed by atoms with Crippen LogP contribution in [0.2, 0.25) is 0 Å². The zero-order chi connectivity index (χ0) is 15.9. The van der Waals surface area contributed by atoms with E-state index in [1.807, 2.05) is 52.0 Å². The molecule has 0 aromatic heterocycles. The van der Waals surface area contributed by atoms with Crippen LogP contribution in [0.1, 0.15) is 39.2 Å². The quantitative estimate of drug-likeness (QED) is 0.591. The normalized spacial score (nSPS) is 13.8. The van der Waals surface area contributed by atoms with Gasteiger partial charge in [0.25, 0.3) is 0 Å². The summed E-state index contributed by atoms with van der Waals surface area (Å²) in [6, 6.07) is 8.14. The number of methoxy groups -OCH3 is 1. The molecule has 0 aliphatic heterocycles. The van der Waals surface area contributed by atoms with E-state index in [-0.39, 0.29) is 12.0 Å². The predicted molar refractivity (Wildman–Crippen MR) is 84.6 cm³/mol. The number of esters is 1. The van der Waals surface area contributed by atoms with Gasteiger partial charge in [-0.05, 0) is 52.2 Å². The summed E-state index contributed by atoms with van der Waals surface area (Å²) in [7, 11) is 1.42. The van der Waals surface area contributed by atoms with Crippen molar-refractivity contribution < 1.29 is 14.3 Å². The first-order chi connectivity index (χ1) is 9.89. The highest BCUT2D eigenvalue weighted by atomic mass is 16.5. The molecule has 4 heteroatoms. The Bertz CT molecular complexity index is 459. The minimum absolute atomic E-state index is 0.214. The number of hydrogen-bond acceptors (Lipinski definition) is 4. The number of aryl methyl sites for hydroxylation is 1. The van der Waals surface area contributed by atoms with Gasteiger partial charge in [-0.2, -0.15) is 0 Å². The topological polar surface area (TPSA) is 47.6 Å². The van der Waals surface area contributed by atoms with Gasteiger partial charge in [-0.1, -0.05) is 18.2 Å². The number of carbonyl (C=O) groups excluding carboxylic acids is 1. The van der Waals surface area contributed by atoms with Crippen molar-refractivity contribution in [3.05, 3.63) is 29.8 Å². The van der Waals surface area contributed by atoms with Crippen molar-refractivity contribution in [2.75, 3.05) is 13.7 Å². The van der Waals surface area contributed by atoms with Crippen LogP contribution < -0.4 is 10.1 Å². The van der Waals surface area contributed by atoms with Gasteiger partial charge >= 0.3 is 5.97 Å². The Kier molecular flexibility index (Phi) is 6.69. The van der Waals surface area contributed by atoms with Crippen molar-refractivity contribution in [2.45, 2.75) is 52.1 Å². The van der Waals surface area contributed by atoms with E-state index in [0.29, 0.717) is 13.0 Å². The molecule has 118 valence electrons. The molecule has 0 saturated carbocycles. The third-order valence-corrected chi connectivity index (χ3v) is 3.42. The van der Waals surface area contributed by atoms with Crippen LogP contribution in [0.4, 0.5) is 0 Å². The monoisotopic (exact) mass is 293 g/mol. The fraction of sp³-hybridized carbons (Fsp3) is 0.588. The Morgan fingerprint density at radius 1 is 1.33 bits per heavy atom. The molecule has 4 nitrogen and oxygen atoms in total. The molecule has 0 aliphatic rings. The van der Waals surface area contributed by atoms with Gasteiger partial charge in [0, 0.05) is 6.04 Å². The van der Waals surface area contributed by atoms with Crippen molar-refractivity contribution in [3.8, 4) is 5.75 Å². The minimum atomic E-state index is -0.669. The van der Waals surface area contributed by atoms with E-state index < -0.39 is 5.54 Å². The van der Waals surface area contributed by atoms with Crippen LogP contribution in [0.3, 0.4) is 0 Å². The van der Waals surface area contributed by atoms with Crippen molar-refractivity contribution >= 4 is 5.97 Å². The van der Waals surface area contributed by atoms with Gasteiger partial charge in [-0.3, -0.25) is 10.1 Å². The van der Waals surface area contributed by atoms with E-state index in [2.05, 4.69) is 5.32 Å². The molecule has 0 fully saturated rings. The Morgan fingerprint density at radius 2 is 2.00 bits per heavy atom. The first-order valence-corrected chi connectivity index (χ1v) is 7.43. The first-order valence-electron chi connectivity index (χ1n) is 7.43. The van der Waals surface area contributed by atoms with E-state index in [9.17, 15) is 4.79 Å². The first kappa shape index (κ1) is 17.5. The Hall–Kier alpha value is -1.55. The van der Waals surface area contributed by atoms with E-state index in [1.165, 1.54) is 7.11 Å². The maximum Gasteiger partial charge on any atom is 0.325 e. The van der Waals surface area contributed by atoms with Gasteiger partial charge in [0.15, 0.2) is 0 Å². The van der Waals surface area contributed by atoms with Gasteiger partial charge < -0.3 is 9.47 Å². The third kappa shape index (κ3) is 5.38. The smallest absolute Gasteiger partial charge is 0.325 e. The summed E-state index contributed by atoms with van der Waals surface area (Å²) in [5.41, 5.74) is 0.450. The summed E-state index contributed by atoms with van der Waals surface area (Å²) >= 11 is 0. The number of benzene rings is 1. The van der Waals surface area contributed by atoms with Crippen molar-refractivity contribution in [1.29, 1.82) is 0 Å². The largest absolute Gasteiger partial charge is 0.493 e. The van der Waals surface area contributed by atoms with Crippen LogP contribution in [0.25, 0.3) is 0 Å². The van der Waals surface area contributed by atoms with E-state index >= 15 is 0 Å². The maximum atomic E-state index is 12.0. The average Bonchev–Trinajstić information content (AvgIpc) is 2.43. The highest BCUT2D eigenvalue weighted by Crippen LogP contribution is 2.19. The lowest BCUT2D eigenvalue weighted by Crippen LogP contribution is -2.53. The summed E-state index contributed by atoms with van der Waals surface area (Å²) in [6.07, 6.45) is 1.45. The van der Waals surface area contributed by atoms with E-state index in [4.69, 9.17) is 9.47 Å². The number of nitrogens with one attached hydrogen (secondary N) is 1. The molecule has 0 heterocycles. The number of carbonyl (C=O) groups is 1. The molecule has 0 amide bonds. The molecule has 0 radical (unpaired) electrons. The molecule has 0 saturated heterocycles. The molecule has 1 atom stereocenters. The molecular weight excluding hydrogens is 266 g/mol. The van der Waals surface area contributed by atoms with Crippen LogP contribution in [0, 0.1) is 6.92 Å². The maximum absolute atomic E-state index is 12.0. The molecule has 0 bridgehead atoms. The summed E-state index contributed by atoms with van der Waals surface area (Å²) in [6.45, 7) is 8.52. The van der Waals surface area contributed by atoms with Crippen LogP contribution in [0.15, 0.2) is 24.3 Å². The second kappa shape index (κ2) is 8.03. The number of ether oxygens (including phenoxy) is 2. The highest BCUT2D eigenvalue weighted by molar-refractivity contribution is 5.80. The fourth-order valence-electron chi connectivity index (χ4n) is 2.42. The Labute approximate surface area is 127 Å². The zero-order valence-electron chi connectivity index (χ0n) is 13.7. The third-order valence-electron chi connectivity index (χ3n) is 3.42. The Balaban J connectivity index is 2.51. The molecule has 1 N–H and O–H groups in total. The minimum Gasteiger partial charge on any atom is -0.493 e. The van der Waals surface area contributed by atoms with Gasteiger partial charge in [-0.25, -0.2) is 0 Å². The predicted octanol–water partition coefficient (Wildman–Crippen LogP) is 3.08. The van der Waals surface area contributed by atoms with Crippen LogP contribution in [-0.2, 0) is 9.53 Å². The summed E-state index contributed by atoms with van der Waals surface area (Å²) < 4.78 is 10.7. The molecule has 21 heavy (non-hydrogen) atoms. The van der Waals surface area contributed by atoms with Crippen molar-refractivity contribution in [1.82, 2.24) is 5.32 Å². The molecule has 1 aromatic carbocycles. The molecule has 0 spiro atoms. The SMILES string of the molecule is COC(=O)C(C)(CCCOc1ccccc1C)NC(C)C. The highest BCUT2D eigenvalue weighted by Gasteiger charge is 2.34. The zero-order valence-corrected chi connectivity index (χ0v) is 13.7. The lowest BCUT2D eigenvalue weighted by molar-refractivity contribution is -0.148. The lowest BCUT2D eigenvalue weighted by Gasteiger charge is -2.30. The second-order valence-electron chi connectivity index (χ2n) is 5.84. The van der Waals surface area contributed by atoms with Crippen molar-refractivity contribution in [2.24, 2.45) is 0 Å². The lowest BCUT2D eigenvalue weighted by atomic mass is 9.95. The fourth-order valence-corrected chi connectivity index (χ4v) is 2.42. The summed E-state index contributed by atoms with van der Waals surface area (Å²) in [5, 5.41) is 3.29. The van der Waals surface area contributed by atoms with Crippen LogP contribution in [-0.4, -0.2) is 31.3 Å². The number of hydrogen-bond donors (Lipinski definition) is 1.